The lowest BCUT2D eigenvalue weighted by Crippen LogP contribution is -2.53. The molecule has 4 aliphatic rings. The third-order valence-electron chi connectivity index (χ3n) is 11.0. The molecule has 0 spiro atoms. The number of amides is 1. The zero-order chi connectivity index (χ0) is 35.9. The number of epoxide rings is 1. The van der Waals surface area contributed by atoms with Gasteiger partial charge < -0.3 is 39.5 Å². The number of esters is 1. The highest BCUT2D eigenvalue weighted by Crippen LogP contribution is 2.37. The summed E-state index contributed by atoms with van der Waals surface area (Å²) in [5, 5.41) is 43.3. The van der Waals surface area contributed by atoms with Gasteiger partial charge in [0, 0.05) is 50.5 Å². The Balaban J connectivity index is 1.43. The van der Waals surface area contributed by atoms with Crippen molar-refractivity contribution in [2.75, 3.05) is 26.2 Å². The molecule has 0 radical (unpaired) electrons. The maximum Gasteiger partial charge on any atom is 0.410 e. The lowest BCUT2D eigenvalue weighted by Gasteiger charge is -2.39. The van der Waals surface area contributed by atoms with Gasteiger partial charge in [-0.3, -0.25) is 9.69 Å². The number of carbonyl (C=O) groups is 2. The van der Waals surface area contributed by atoms with Crippen molar-refractivity contribution in [2.24, 2.45) is 11.8 Å². The molecule has 0 aromatic carbocycles. The number of hydrogen-bond acceptors (Lipinski definition) is 10. The number of nitrogens with zero attached hydrogens (tertiary/aromatic N) is 2. The van der Waals surface area contributed by atoms with E-state index in [1.54, 1.807) is 49.1 Å². The second-order valence-electron chi connectivity index (χ2n) is 15.5. The van der Waals surface area contributed by atoms with Crippen LogP contribution in [0, 0.1) is 11.8 Å². The molecule has 49 heavy (non-hydrogen) atoms. The first-order chi connectivity index (χ1) is 23.1. The van der Waals surface area contributed by atoms with Gasteiger partial charge in [0.25, 0.3) is 0 Å². The SMILES string of the molecule is CCC(O)C(C)C1OC1CC(C)(O)/C=C/C=C(\C)C1OC(=O)CC(O)CCC(C)(O)C(OC(=O)N2CCN(C3CCCC3)CC2)/C=C\C1C. The van der Waals surface area contributed by atoms with Crippen molar-refractivity contribution in [3.63, 3.8) is 0 Å². The Morgan fingerprint density at radius 3 is 2.51 bits per heavy atom. The lowest BCUT2D eigenvalue weighted by atomic mass is 9.88. The second kappa shape index (κ2) is 17.3. The van der Waals surface area contributed by atoms with E-state index in [1.807, 2.05) is 27.7 Å². The summed E-state index contributed by atoms with van der Waals surface area (Å²) in [6.45, 7) is 13.6. The molecule has 0 aromatic rings. The Bertz CT molecular complexity index is 1190. The molecule has 0 aromatic heterocycles. The quantitative estimate of drug-likeness (QED) is 0.113. The van der Waals surface area contributed by atoms with Crippen LogP contribution in [0.15, 0.2) is 36.0 Å². The van der Waals surface area contributed by atoms with Crippen LogP contribution in [0.3, 0.4) is 0 Å². The van der Waals surface area contributed by atoms with Crippen LogP contribution in [0.1, 0.15) is 99.3 Å². The number of allylic oxidation sites excluding steroid dienone is 2. The van der Waals surface area contributed by atoms with E-state index in [0.29, 0.717) is 37.5 Å². The zero-order valence-corrected chi connectivity index (χ0v) is 30.5. The van der Waals surface area contributed by atoms with E-state index in [1.165, 1.54) is 25.7 Å². The highest BCUT2D eigenvalue weighted by atomic mass is 16.6. The highest BCUT2D eigenvalue weighted by Gasteiger charge is 2.47. The number of rotatable bonds is 10. The normalized spacial score (nSPS) is 35.9. The van der Waals surface area contributed by atoms with Crippen LogP contribution in [0.2, 0.25) is 0 Å². The van der Waals surface area contributed by atoms with Crippen LogP contribution in [-0.4, -0.2) is 122 Å². The number of hydrogen-bond donors (Lipinski definition) is 4. The predicted octanol–water partition coefficient (Wildman–Crippen LogP) is 4.27. The molecule has 11 heteroatoms. The Morgan fingerprint density at radius 2 is 1.86 bits per heavy atom. The van der Waals surface area contributed by atoms with Crippen LogP contribution in [-0.2, 0) is 19.0 Å². The van der Waals surface area contributed by atoms with Crippen molar-refractivity contribution < 1.29 is 44.2 Å². The molecule has 1 aliphatic carbocycles. The van der Waals surface area contributed by atoms with E-state index < -0.39 is 47.7 Å². The molecule has 4 rings (SSSR count). The van der Waals surface area contributed by atoms with Crippen molar-refractivity contribution in [1.82, 2.24) is 9.80 Å². The van der Waals surface area contributed by atoms with Gasteiger partial charge >= 0.3 is 12.1 Å². The number of piperazine rings is 1. The van der Waals surface area contributed by atoms with Gasteiger partial charge in [0.2, 0.25) is 0 Å². The summed E-state index contributed by atoms with van der Waals surface area (Å²) in [6, 6.07) is 0.601. The molecule has 4 N–H and O–H groups in total. The standard InChI is InChI=1S/C38H62N2O9/c1-7-30(42)27(4)35-31(47-35)24-37(5,45)17-10-11-25(2)34-26(3)14-15-32(38(6,46)18-16-29(41)23-33(43)49-34)48-36(44)40-21-19-39(20-22-40)28-12-8-9-13-28/h10-11,14-15,17,26-32,34-35,41-42,45-46H,7-9,12-13,16,18-24H2,1-6H3/b15-14-,17-10+,25-11+. The Kier molecular flexibility index (Phi) is 13.9. The minimum Gasteiger partial charge on any atom is -0.457 e. The van der Waals surface area contributed by atoms with Crippen LogP contribution in [0.5, 0.6) is 0 Å². The first kappa shape index (κ1) is 39.5. The maximum absolute atomic E-state index is 13.3. The van der Waals surface area contributed by atoms with Crippen molar-refractivity contribution in [1.29, 1.82) is 0 Å². The summed E-state index contributed by atoms with van der Waals surface area (Å²) >= 11 is 0. The van der Waals surface area contributed by atoms with Gasteiger partial charge in [0.1, 0.15) is 11.7 Å². The van der Waals surface area contributed by atoms with Crippen molar-refractivity contribution >= 4 is 12.1 Å². The van der Waals surface area contributed by atoms with Gasteiger partial charge in [0.05, 0.1) is 36.4 Å². The Morgan fingerprint density at radius 1 is 1.18 bits per heavy atom. The van der Waals surface area contributed by atoms with Crippen LogP contribution in [0.4, 0.5) is 4.79 Å². The lowest BCUT2D eigenvalue weighted by molar-refractivity contribution is -0.151. The largest absolute Gasteiger partial charge is 0.457 e. The van der Waals surface area contributed by atoms with Crippen LogP contribution < -0.4 is 0 Å². The molecule has 10 atom stereocenters. The first-order valence-corrected chi connectivity index (χ1v) is 18.5. The van der Waals surface area contributed by atoms with Crippen molar-refractivity contribution in [3.05, 3.63) is 36.0 Å². The van der Waals surface area contributed by atoms with Gasteiger partial charge in [-0.2, -0.15) is 0 Å². The Labute approximate surface area is 293 Å². The van der Waals surface area contributed by atoms with Crippen molar-refractivity contribution in [2.45, 2.75) is 153 Å². The molecule has 3 heterocycles. The van der Waals surface area contributed by atoms with Gasteiger partial charge in [-0.1, -0.05) is 57.9 Å². The molecular weight excluding hydrogens is 628 g/mol. The average Bonchev–Trinajstić information content (AvgIpc) is 3.57. The number of aliphatic hydroxyl groups is 4. The topological polar surface area (TPSA) is 153 Å². The fourth-order valence-electron chi connectivity index (χ4n) is 7.52. The smallest absolute Gasteiger partial charge is 0.410 e. The third kappa shape index (κ3) is 11.4. The molecule has 10 unspecified atom stereocenters. The molecule has 3 aliphatic heterocycles. The first-order valence-electron chi connectivity index (χ1n) is 18.5. The second-order valence-corrected chi connectivity index (χ2v) is 15.5. The van der Waals surface area contributed by atoms with Gasteiger partial charge in [-0.15, -0.1) is 0 Å². The van der Waals surface area contributed by atoms with Gasteiger partial charge in [-0.05, 0) is 64.5 Å². The molecule has 2 saturated heterocycles. The van der Waals surface area contributed by atoms with Gasteiger partial charge in [-0.25, -0.2) is 4.79 Å². The van der Waals surface area contributed by atoms with Crippen LogP contribution >= 0.6 is 0 Å². The van der Waals surface area contributed by atoms with E-state index in [4.69, 9.17) is 14.2 Å². The fourth-order valence-corrected chi connectivity index (χ4v) is 7.52. The number of cyclic esters (lactones) is 1. The maximum atomic E-state index is 13.3. The number of carbonyl (C=O) groups excluding carboxylic acids is 2. The number of ether oxygens (including phenoxy) is 3. The molecule has 3 fully saturated rings. The summed E-state index contributed by atoms with van der Waals surface area (Å²) in [5.41, 5.74) is -1.92. The van der Waals surface area contributed by atoms with E-state index in [-0.39, 0.29) is 43.3 Å². The predicted molar refractivity (Wildman–Crippen MR) is 187 cm³/mol. The number of aliphatic hydroxyl groups excluding tert-OH is 2. The summed E-state index contributed by atoms with van der Waals surface area (Å²) in [6.07, 6.45) is 10.8. The van der Waals surface area contributed by atoms with E-state index in [0.717, 1.165) is 13.1 Å². The van der Waals surface area contributed by atoms with Gasteiger partial charge in [0.15, 0.2) is 6.10 Å². The summed E-state index contributed by atoms with van der Waals surface area (Å²) < 4.78 is 17.6. The van der Waals surface area contributed by atoms with Crippen molar-refractivity contribution in [3.8, 4) is 0 Å². The molecule has 278 valence electrons. The fraction of sp³-hybridized carbons (Fsp3) is 0.789. The van der Waals surface area contributed by atoms with E-state index in [2.05, 4.69) is 4.90 Å². The molecular formula is C38H62N2O9. The summed E-state index contributed by atoms with van der Waals surface area (Å²) in [5.74, 6) is -0.934. The molecule has 1 saturated carbocycles. The minimum atomic E-state index is -1.48. The molecule has 11 nitrogen and oxygen atoms in total. The highest BCUT2D eigenvalue weighted by molar-refractivity contribution is 5.70. The monoisotopic (exact) mass is 690 g/mol. The zero-order valence-electron chi connectivity index (χ0n) is 30.5. The van der Waals surface area contributed by atoms with Crippen LogP contribution in [0.25, 0.3) is 0 Å². The van der Waals surface area contributed by atoms with E-state index >= 15 is 0 Å². The summed E-state index contributed by atoms with van der Waals surface area (Å²) in [7, 11) is 0. The Hall–Kier alpha value is -2.28. The summed E-state index contributed by atoms with van der Waals surface area (Å²) in [4.78, 5) is 30.4. The third-order valence-corrected chi connectivity index (χ3v) is 11.0. The average molecular weight is 691 g/mol. The minimum absolute atomic E-state index is 0.00965. The molecule has 1 amide bonds. The van der Waals surface area contributed by atoms with E-state index in [9.17, 15) is 30.0 Å². The molecule has 0 bridgehead atoms.